The Balaban J connectivity index is 3.14. The summed E-state index contributed by atoms with van der Waals surface area (Å²) in [6.07, 6.45) is 0. The van der Waals surface area contributed by atoms with Gasteiger partial charge in [0.15, 0.2) is 0 Å². The predicted octanol–water partition coefficient (Wildman–Crippen LogP) is 2.66. The van der Waals surface area contributed by atoms with E-state index >= 15 is 0 Å². The molecular formula is C8H9BrO3S. The molecule has 3 nitrogen and oxygen atoms in total. The maximum Gasteiger partial charge on any atom is 0.337 e. The molecule has 0 spiro atoms. The van der Waals surface area contributed by atoms with E-state index in [1.807, 2.05) is 0 Å². The molecule has 0 saturated carbocycles. The second-order valence-corrected chi connectivity index (χ2v) is 4.96. The van der Waals surface area contributed by atoms with Crippen molar-refractivity contribution in [1.82, 2.24) is 0 Å². The predicted molar refractivity (Wildman–Crippen MR) is 54.4 cm³/mol. The van der Waals surface area contributed by atoms with Gasteiger partial charge in [-0.1, -0.05) is 0 Å². The van der Waals surface area contributed by atoms with Crippen molar-refractivity contribution in [3.05, 3.63) is 19.8 Å². The molecule has 13 heavy (non-hydrogen) atoms. The third-order valence-electron chi connectivity index (χ3n) is 1.69. The van der Waals surface area contributed by atoms with Crippen LogP contribution >= 0.6 is 27.3 Å². The molecule has 0 radical (unpaired) electrons. The average Bonchev–Trinajstić information content (AvgIpc) is 2.28. The van der Waals surface area contributed by atoms with Crippen molar-refractivity contribution in [2.45, 2.75) is 13.5 Å². The average molecular weight is 265 g/mol. The number of carbonyl (C=O) groups is 1. The van der Waals surface area contributed by atoms with Crippen molar-refractivity contribution >= 4 is 33.2 Å². The summed E-state index contributed by atoms with van der Waals surface area (Å²) >= 11 is 4.63. The molecule has 1 rings (SSSR count). The number of aromatic carboxylic acids is 1. The number of halogens is 1. The van der Waals surface area contributed by atoms with Crippen LogP contribution in [0.15, 0.2) is 3.79 Å². The molecule has 1 heterocycles. The number of hydrogen-bond acceptors (Lipinski definition) is 3. The lowest BCUT2D eigenvalue weighted by Crippen LogP contribution is -1.98. The van der Waals surface area contributed by atoms with Crippen LogP contribution in [-0.4, -0.2) is 18.2 Å². The zero-order valence-electron chi connectivity index (χ0n) is 7.26. The van der Waals surface area contributed by atoms with E-state index in [-0.39, 0.29) is 0 Å². The Labute approximate surface area is 88.5 Å². The number of carboxylic acids is 1. The van der Waals surface area contributed by atoms with E-state index in [2.05, 4.69) is 15.9 Å². The molecule has 0 amide bonds. The number of methoxy groups -OCH3 is 1. The Hall–Kier alpha value is -0.390. The van der Waals surface area contributed by atoms with E-state index in [9.17, 15) is 4.79 Å². The maximum absolute atomic E-state index is 10.8. The van der Waals surface area contributed by atoms with Gasteiger partial charge in [0.25, 0.3) is 0 Å². The van der Waals surface area contributed by atoms with Gasteiger partial charge in [0.1, 0.15) is 0 Å². The molecule has 0 aliphatic carbocycles. The van der Waals surface area contributed by atoms with E-state index in [0.29, 0.717) is 16.0 Å². The highest BCUT2D eigenvalue weighted by Gasteiger charge is 2.18. The van der Waals surface area contributed by atoms with Crippen LogP contribution in [0.5, 0.6) is 0 Å². The molecule has 1 aromatic rings. The zero-order chi connectivity index (χ0) is 10.0. The summed E-state index contributed by atoms with van der Waals surface area (Å²) in [5.41, 5.74) is 1.13. The van der Waals surface area contributed by atoms with Gasteiger partial charge in [-0.15, -0.1) is 11.3 Å². The number of thiophene rings is 1. The van der Waals surface area contributed by atoms with Crippen LogP contribution in [0.25, 0.3) is 0 Å². The van der Waals surface area contributed by atoms with Crippen molar-refractivity contribution in [3.8, 4) is 0 Å². The van der Waals surface area contributed by atoms with E-state index in [4.69, 9.17) is 9.84 Å². The molecule has 0 fully saturated rings. The molecule has 0 saturated heterocycles. The van der Waals surface area contributed by atoms with Crippen LogP contribution in [0.2, 0.25) is 0 Å². The zero-order valence-corrected chi connectivity index (χ0v) is 9.66. The van der Waals surface area contributed by atoms with Crippen LogP contribution in [0.1, 0.15) is 20.8 Å². The first-order valence-corrected chi connectivity index (χ1v) is 5.18. The molecular weight excluding hydrogens is 256 g/mol. The van der Waals surface area contributed by atoms with Crippen LogP contribution in [-0.2, 0) is 11.3 Å². The fraction of sp³-hybridized carbons (Fsp3) is 0.375. The highest BCUT2D eigenvalue weighted by Crippen LogP contribution is 2.33. The lowest BCUT2D eigenvalue weighted by atomic mass is 10.2. The second-order valence-electron chi connectivity index (χ2n) is 2.54. The smallest absolute Gasteiger partial charge is 0.337 e. The Kier molecular flexibility index (Phi) is 3.47. The van der Waals surface area contributed by atoms with Gasteiger partial charge in [-0.05, 0) is 28.4 Å². The Morgan fingerprint density at radius 3 is 2.69 bits per heavy atom. The minimum Gasteiger partial charge on any atom is -0.478 e. The molecule has 5 heteroatoms. The van der Waals surface area contributed by atoms with Gasteiger partial charge in [0.2, 0.25) is 0 Å². The van der Waals surface area contributed by atoms with E-state index in [0.717, 1.165) is 10.4 Å². The van der Waals surface area contributed by atoms with E-state index in [1.54, 1.807) is 14.0 Å². The summed E-state index contributed by atoms with van der Waals surface area (Å²) in [4.78, 5) is 11.7. The second kappa shape index (κ2) is 4.21. The molecule has 0 aliphatic rings. The molecule has 0 atom stereocenters. The minimum atomic E-state index is -0.900. The first-order chi connectivity index (χ1) is 6.07. The van der Waals surface area contributed by atoms with Gasteiger partial charge in [-0.3, -0.25) is 0 Å². The number of hydrogen-bond donors (Lipinski definition) is 1. The molecule has 1 aromatic heterocycles. The van der Waals surface area contributed by atoms with Gasteiger partial charge in [0.05, 0.1) is 16.0 Å². The van der Waals surface area contributed by atoms with Crippen molar-refractivity contribution in [2.75, 3.05) is 7.11 Å². The van der Waals surface area contributed by atoms with Gasteiger partial charge < -0.3 is 9.84 Å². The van der Waals surface area contributed by atoms with E-state index in [1.165, 1.54) is 11.3 Å². The van der Waals surface area contributed by atoms with Crippen LogP contribution in [0.4, 0.5) is 0 Å². The summed E-state index contributed by atoms with van der Waals surface area (Å²) in [6.45, 7) is 2.25. The summed E-state index contributed by atoms with van der Waals surface area (Å²) in [7, 11) is 1.59. The Morgan fingerprint density at radius 2 is 2.31 bits per heavy atom. The normalized spacial score (nSPS) is 10.4. The lowest BCUT2D eigenvalue weighted by molar-refractivity contribution is 0.0695. The molecule has 1 N–H and O–H groups in total. The van der Waals surface area contributed by atoms with Crippen molar-refractivity contribution < 1.29 is 14.6 Å². The van der Waals surface area contributed by atoms with Gasteiger partial charge in [0, 0.05) is 12.0 Å². The quantitative estimate of drug-likeness (QED) is 0.913. The summed E-state index contributed by atoms with van der Waals surface area (Å²) in [6, 6.07) is 0. The third kappa shape index (κ3) is 2.10. The standard InChI is InChI=1S/C8H9BrO3S/c1-4-5(3-12-2)13-7(9)6(4)8(10)11/h3H2,1-2H3,(H,10,11). The number of ether oxygens (including phenoxy) is 1. The molecule has 0 bridgehead atoms. The van der Waals surface area contributed by atoms with Crippen molar-refractivity contribution in [2.24, 2.45) is 0 Å². The first-order valence-electron chi connectivity index (χ1n) is 3.58. The molecule has 0 aromatic carbocycles. The van der Waals surface area contributed by atoms with Crippen LogP contribution in [0.3, 0.4) is 0 Å². The maximum atomic E-state index is 10.8. The summed E-state index contributed by atoms with van der Waals surface area (Å²) in [5.74, 6) is -0.900. The highest BCUT2D eigenvalue weighted by atomic mass is 79.9. The molecule has 0 unspecified atom stereocenters. The van der Waals surface area contributed by atoms with Crippen molar-refractivity contribution in [1.29, 1.82) is 0 Å². The summed E-state index contributed by atoms with van der Waals surface area (Å²) in [5, 5.41) is 8.86. The lowest BCUT2D eigenvalue weighted by Gasteiger charge is -1.96. The Bertz CT molecular complexity index is 332. The molecule has 0 aliphatic heterocycles. The van der Waals surface area contributed by atoms with Gasteiger partial charge in [-0.25, -0.2) is 4.79 Å². The Morgan fingerprint density at radius 1 is 1.69 bits per heavy atom. The van der Waals surface area contributed by atoms with Crippen molar-refractivity contribution in [3.63, 3.8) is 0 Å². The fourth-order valence-electron chi connectivity index (χ4n) is 1.04. The van der Waals surface area contributed by atoms with Gasteiger partial charge >= 0.3 is 5.97 Å². The third-order valence-corrected chi connectivity index (χ3v) is 3.63. The number of carboxylic acid groups (broad SMARTS) is 1. The van der Waals surface area contributed by atoms with Gasteiger partial charge in [-0.2, -0.15) is 0 Å². The largest absolute Gasteiger partial charge is 0.478 e. The number of rotatable bonds is 3. The first kappa shape index (κ1) is 10.7. The highest BCUT2D eigenvalue weighted by molar-refractivity contribution is 9.11. The van der Waals surface area contributed by atoms with Crippen LogP contribution < -0.4 is 0 Å². The fourth-order valence-corrected chi connectivity index (χ4v) is 3.08. The van der Waals surface area contributed by atoms with E-state index < -0.39 is 5.97 Å². The monoisotopic (exact) mass is 264 g/mol. The van der Waals surface area contributed by atoms with Crippen LogP contribution in [0, 0.1) is 6.92 Å². The topological polar surface area (TPSA) is 46.5 Å². The minimum absolute atomic E-state index is 0.344. The molecule has 72 valence electrons. The summed E-state index contributed by atoms with van der Waals surface area (Å²) < 4.78 is 5.61. The SMILES string of the molecule is COCc1sc(Br)c(C(=O)O)c1C.